The molecule has 194 valence electrons. The van der Waals surface area contributed by atoms with Crippen LogP contribution in [0.1, 0.15) is 134 Å². The van der Waals surface area contributed by atoms with Gasteiger partial charge in [-0.1, -0.05) is 88.1 Å². The minimum atomic E-state index is 0.796. The lowest BCUT2D eigenvalue weighted by Gasteiger charge is -2.34. The van der Waals surface area contributed by atoms with Crippen LogP contribution < -0.4 is 0 Å². The molecule has 4 rings (SSSR count). The van der Waals surface area contributed by atoms with Crippen molar-refractivity contribution in [2.24, 2.45) is 29.6 Å². The minimum absolute atomic E-state index is 0.796. The second-order valence-electron chi connectivity index (χ2n) is 12.4. The molecule has 0 spiro atoms. The van der Waals surface area contributed by atoms with Crippen molar-refractivity contribution >= 4 is 0 Å². The van der Waals surface area contributed by atoms with Gasteiger partial charge in [-0.15, -0.1) is 0 Å². The molecule has 2 atom stereocenters. The molecule has 2 saturated carbocycles. The Morgan fingerprint density at radius 2 is 1.31 bits per heavy atom. The number of benzene rings is 1. The number of rotatable bonds is 11. The van der Waals surface area contributed by atoms with Gasteiger partial charge in [0.25, 0.3) is 0 Å². The van der Waals surface area contributed by atoms with Gasteiger partial charge in [-0.3, -0.25) is 0 Å². The summed E-state index contributed by atoms with van der Waals surface area (Å²) in [5.74, 6) is 5.23. The van der Waals surface area contributed by atoms with E-state index in [1.54, 1.807) is 5.56 Å². The van der Waals surface area contributed by atoms with E-state index in [1.165, 1.54) is 115 Å². The summed E-state index contributed by atoms with van der Waals surface area (Å²) in [4.78, 5) is 0. The van der Waals surface area contributed by atoms with Crippen LogP contribution in [0.15, 0.2) is 48.6 Å². The van der Waals surface area contributed by atoms with E-state index in [1.807, 2.05) is 0 Å². The van der Waals surface area contributed by atoms with Crippen molar-refractivity contribution in [2.45, 2.75) is 129 Å². The molecule has 0 saturated heterocycles. The zero-order valence-corrected chi connectivity index (χ0v) is 23.1. The van der Waals surface area contributed by atoms with Crippen molar-refractivity contribution in [2.75, 3.05) is 0 Å². The first-order valence-corrected chi connectivity index (χ1v) is 15.7. The molecule has 0 nitrogen and oxygen atoms in total. The number of hydrogen-bond acceptors (Lipinski definition) is 0. The number of aryl methyl sites for hydroxylation is 1. The van der Waals surface area contributed by atoms with Crippen molar-refractivity contribution in [1.29, 1.82) is 0 Å². The number of allylic oxidation sites excluding steroid dienone is 4. The summed E-state index contributed by atoms with van der Waals surface area (Å²) in [6.07, 6.45) is 34.3. The maximum absolute atomic E-state index is 2.64. The highest BCUT2D eigenvalue weighted by molar-refractivity contribution is 5.26. The third-order valence-corrected chi connectivity index (χ3v) is 9.80. The van der Waals surface area contributed by atoms with Gasteiger partial charge in [-0.05, 0) is 130 Å². The van der Waals surface area contributed by atoms with Crippen LogP contribution in [0.2, 0.25) is 0 Å². The lowest BCUT2D eigenvalue weighted by atomic mass is 9.71. The lowest BCUT2D eigenvalue weighted by molar-refractivity contribution is 0.229. The van der Waals surface area contributed by atoms with E-state index in [9.17, 15) is 0 Å². The van der Waals surface area contributed by atoms with E-state index in [0.717, 1.165) is 35.5 Å². The van der Waals surface area contributed by atoms with Gasteiger partial charge < -0.3 is 0 Å². The van der Waals surface area contributed by atoms with Gasteiger partial charge in [0.2, 0.25) is 0 Å². The lowest BCUT2D eigenvalue weighted by Crippen LogP contribution is -2.22. The maximum atomic E-state index is 2.64. The summed E-state index contributed by atoms with van der Waals surface area (Å²) >= 11 is 0. The predicted molar refractivity (Wildman–Crippen MR) is 154 cm³/mol. The Bertz CT molecular complexity index is 752. The quantitative estimate of drug-likeness (QED) is 0.221. The standard InChI is InChI=1S/C35H54/c1-3-5-7-9-29-14-22-33(23-15-29)35-26-18-31(19-27-35)11-10-30-16-24-34(25-17-30)32-20-12-28(13-21-32)8-6-4-2/h10-14,20-22,29-31,33-35H,3-9,15-19,23-27H2,1-2H3/b11-10+. The third-order valence-electron chi connectivity index (χ3n) is 9.80. The highest BCUT2D eigenvalue weighted by atomic mass is 14.3. The molecule has 0 amide bonds. The van der Waals surface area contributed by atoms with Crippen molar-refractivity contribution < 1.29 is 0 Å². The summed E-state index contributed by atoms with van der Waals surface area (Å²) in [7, 11) is 0. The van der Waals surface area contributed by atoms with Crippen molar-refractivity contribution in [1.82, 2.24) is 0 Å². The van der Waals surface area contributed by atoms with Crippen LogP contribution in [0.4, 0.5) is 0 Å². The van der Waals surface area contributed by atoms with E-state index in [4.69, 9.17) is 0 Å². The molecule has 3 aliphatic rings. The SMILES string of the molecule is CCCCCC1C=CC(C2CCC(/C=C/C3CCC(c4ccc(CCCC)cc4)CC3)CC2)CC1. The van der Waals surface area contributed by atoms with Gasteiger partial charge in [0, 0.05) is 0 Å². The van der Waals surface area contributed by atoms with Crippen molar-refractivity contribution in [3.63, 3.8) is 0 Å². The first kappa shape index (κ1) is 26.8. The molecule has 0 N–H and O–H groups in total. The molecule has 1 aromatic carbocycles. The highest BCUT2D eigenvalue weighted by Crippen LogP contribution is 2.41. The molecule has 35 heavy (non-hydrogen) atoms. The molecular weight excluding hydrogens is 420 g/mol. The fourth-order valence-corrected chi connectivity index (χ4v) is 7.25. The van der Waals surface area contributed by atoms with Gasteiger partial charge in [0.05, 0.1) is 0 Å². The fourth-order valence-electron chi connectivity index (χ4n) is 7.25. The van der Waals surface area contributed by atoms with Gasteiger partial charge in [-0.2, -0.15) is 0 Å². The van der Waals surface area contributed by atoms with E-state index in [2.05, 4.69) is 62.4 Å². The Hall–Kier alpha value is -1.30. The van der Waals surface area contributed by atoms with Crippen molar-refractivity contribution in [3.05, 3.63) is 59.7 Å². The first-order valence-electron chi connectivity index (χ1n) is 15.7. The average molecular weight is 475 g/mol. The van der Waals surface area contributed by atoms with E-state index in [-0.39, 0.29) is 0 Å². The largest absolute Gasteiger partial charge is 0.0851 e. The molecule has 2 unspecified atom stereocenters. The summed E-state index contributed by atoms with van der Waals surface area (Å²) < 4.78 is 0. The van der Waals surface area contributed by atoms with Gasteiger partial charge >= 0.3 is 0 Å². The topological polar surface area (TPSA) is 0 Å². The second kappa shape index (κ2) is 14.4. The van der Waals surface area contributed by atoms with Crippen LogP contribution >= 0.6 is 0 Å². The predicted octanol–water partition coefficient (Wildman–Crippen LogP) is 10.8. The number of hydrogen-bond donors (Lipinski definition) is 0. The number of unbranched alkanes of at least 4 members (excludes halogenated alkanes) is 3. The maximum Gasteiger partial charge on any atom is -0.0162 e. The summed E-state index contributed by atoms with van der Waals surface area (Å²) in [6.45, 7) is 4.60. The summed E-state index contributed by atoms with van der Waals surface area (Å²) in [6, 6.07) is 9.64. The summed E-state index contributed by atoms with van der Waals surface area (Å²) in [5, 5.41) is 0. The van der Waals surface area contributed by atoms with E-state index < -0.39 is 0 Å². The smallest absolute Gasteiger partial charge is 0.0162 e. The molecule has 0 heteroatoms. The zero-order valence-electron chi connectivity index (χ0n) is 23.1. The fraction of sp³-hybridized carbons (Fsp3) is 0.714. The third kappa shape index (κ3) is 8.36. The molecule has 2 fully saturated rings. The Morgan fingerprint density at radius 1 is 0.657 bits per heavy atom. The highest BCUT2D eigenvalue weighted by Gasteiger charge is 2.28. The van der Waals surface area contributed by atoms with Crippen LogP contribution in [0.3, 0.4) is 0 Å². The van der Waals surface area contributed by atoms with Crippen LogP contribution in [0.25, 0.3) is 0 Å². The Labute approximate surface area is 218 Å². The molecule has 0 bridgehead atoms. The van der Waals surface area contributed by atoms with Gasteiger partial charge in [0.1, 0.15) is 0 Å². The van der Waals surface area contributed by atoms with Crippen LogP contribution in [-0.2, 0) is 6.42 Å². The van der Waals surface area contributed by atoms with E-state index >= 15 is 0 Å². The van der Waals surface area contributed by atoms with Gasteiger partial charge in [-0.25, -0.2) is 0 Å². The van der Waals surface area contributed by atoms with Crippen LogP contribution in [-0.4, -0.2) is 0 Å². The average Bonchev–Trinajstić information content (AvgIpc) is 2.92. The van der Waals surface area contributed by atoms with Crippen LogP contribution in [0.5, 0.6) is 0 Å². The molecule has 0 aromatic heterocycles. The van der Waals surface area contributed by atoms with Gasteiger partial charge in [0.15, 0.2) is 0 Å². The zero-order chi connectivity index (χ0) is 24.3. The Balaban J connectivity index is 1.14. The normalized spacial score (nSPS) is 31.7. The minimum Gasteiger partial charge on any atom is -0.0851 e. The molecule has 0 heterocycles. The summed E-state index contributed by atoms with van der Waals surface area (Å²) in [5.41, 5.74) is 3.11. The second-order valence-corrected chi connectivity index (χ2v) is 12.4. The Morgan fingerprint density at radius 3 is 1.91 bits per heavy atom. The molecule has 0 aliphatic heterocycles. The molecular formula is C35H54. The molecule has 1 aromatic rings. The molecule has 0 radical (unpaired) electrons. The van der Waals surface area contributed by atoms with E-state index in [0.29, 0.717) is 0 Å². The first-order chi connectivity index (χ1) is 17.2. The Kier molecular flexibility index (Phi) is 11.0. The monoisotopic (exact) mass is 474 g/mol. The molecule has 3 aliphatic carbocycles. The van der Waals surface area contributed by atoms with Crippen molar-refractivity contribution in [3.8, 4) is 0 Å². The van der Waals surface area contributed by atoms with Crippen LogP contribution in [0, 0.1) is 29.6 Å².